The Bertz CT molecular complexity index is 404. The molecule has 0 aliphatic carbocycles. The molecule has 0 amide bonds. The Balaban J connectivity index is 2.58. The molecule has 2 heteroatoms. The van der Waals surface area contributed by atoms with Crippen molar-refractivity contribution >= 4 is 0 Å². The summed E-state index contributed by atoms with van der Waals surface area (Å²) >= 11 is 0. The molecule has 2 nitrogen and oxygen atoms in total. The number of hydrogen-bond donors (Lipinski definition) is 0. The molecule has 1 aromatic carbocycles. The second kappa shape index (κ2) is 3.34. The van der Waals surface area contributed by atoms with E-state index in [0.29, 0.717) is 6.61 Å². The normalized spacial score (nSPS) is 19.4. The number of ether oxygens (including phenoxy) is 1. The Hall–Kier alpha value is -1.49. The Kier molecular flexibility index (Phi) is 2.17. The number of benzene rings is 1. The van der Waals surface area contributed by atoms with Crippen molar-refractivity contribution in [2.75, 3.05) is 6.61 Å². The Labute approximate surface area is 84.1 Å². The van der Waals surface area contributed by atoms with Crippen molar-refractivity contribution in [3.8, 4) is 11.8 Å². The van der Waals surface area contributed by atoms with Crippen LogP contribution in [0.15, 0.2) is 12.1 Å². The molecular weight excluding hydrogens is 174 g/mol. The summed E-state index contributed by atoms with van der Waals surface area (Å²) in [4.78, 5) is 0. The van der Waals surface area contributed by atoms with Crippen LogP contribution < -0.4 is 4.74 Å². The van der Waals surface area contributed by atoms with E-state index >= 15 is 0 Å². The van der Waals surface area contributed by atoms with E-state index in [1.54, 1.807) is 0 Å². The molecule has 0 saturated carbocycles. The lowest BCUT2D eigenvalue weighted by Crippen LogP contribution is -2.14. The van der Waals surface area contributed by atoms with Crippen LogP contribution in [0.2, 0.25) is 0 Å². The standard InChI is InChI=1S/C12H13NO/c1-8-5-9(2)12-11(6-8)10(7-13)3-4-14-12/h5-6,10H,3-4H2,1-2H3. The van der Waals surface area contributed by atoms with Crippen LogP contribution in [0.5, 0.6) is 5.75 Å². The lowest BCUT2D eigenvalue weighted by atomic mass is 9.91. The van der Waals surface area contributed by atoms with Crippen molar-refractivity contribution in [3.63, 3.8) is 0 Å². The molecule has 72 valence electrons. The van der Waals surface area contributed by atoms with Gasteiger partial charge in [0.2, 0.25) is 0 Å². The SMILES string of the molecule is Cc1cc(C)c2c(c1)C(C#N)CCO2. The summed E-state index contributed by atoms with van der Waals surface area (Å²) in [6.07, 6.45) is 0.812. The van der Waals surface area contributed by atoms with Crippen molar-refractivity contribution in [3.05, 3.63) is 28.8 Å². The molecule has 1 unspecified atom stereocenters. The zero-order valence-corrected chi connectivity index (χ0v) is 8.50. The molecule has 0 aromatic heterocycles. The minimum atomic E-state index is 0.0114. The molecule has 1 heterocycles. The molecular formula is C12H13NO. The van der Waals surface area contributed by atoms with E-state index in [1.807, 2.05) is 6.92 Å². The molecule has 1 aliphatic rings. The average Bonchev–Trinajstić information content (AvgIpc) is 2.17. The predicted molar refractivity (Wildman–Crippen MR) is 54.4 cm³/mol. The third-order valence-corrected chi connectivity index (χ3v) is 2.63. The van der Waals surface area contributed by atoms with Crippen molar-refractivity contribution in [1.82, 2.24) is 0 Å². The van der Waals surface area contributed by atoms with Gasteiger partial charge in [-0.2, -0.15) is 5.26 Å². The first-order valence-corrected chi connectivity index (χ1v) is 4.86. The van der Waals surface area contributed by atoms with Crippen molar-refractivity contribution < 1.29 is 4.74 Å². The van der Waals surface area contributed by atoms with E-state index in [0.717, 1.165) is 23.3 Å². The van der Waals surface area contributed by atoms with Gasteiger partial charge in [0.1, 0.15) is 5.75 Å². The van der Waals surface area contributed by atoms with Gasteiger partial charge in [-0.1, -0.05) is 17.7 Å². The first-order valence-electron chi connectivity index (χ1n) is 4.86. The number of fused-ring (bicyclic) bond motifs is 1. The number of nitrogens with zero attached hydrogens (tertiary/aromatic N) is 1. The first kappa shape index (κ1) is 9.08. The van der Waals surface area contributed by atoms with Crippen LogP contribution in [-0.2, 0) is 0 Å². The van der Waals surface area contributed by atoms with Crippen LogP contribution in [0.3, 0.4) is 0 Å². The van der Waals surface area contributed by atoms with E-state index < -0.39 is 0 Å². The molecule has 0 spiro atoms. The van der Waals surface area contributed by atoms with Crippen LogP contribution in [0.25, 0.3) is 0 Å². The Morgan fingerprint density at radius 2 is 2.21 bits per heavy atom. The lowest BCUT2D eigenvalue weighted by molar-refractivity contribution is 0.278. The second-order valence-corrected chi connectivity index (χ2v) is 3.82. The van der Waals surface area contributed by atoms with Crippen LogP contribution in [0.4, 0.5) is 0 Å². The van der Waals surface area contributed by atoms with Gasteiger partial charge >= 0.3 is 0 Å². The van der Waals surface area contributed by atoms with E-state index in [1.165, 1.54) is 5.56 Å². The smallest absolute Gasteiger partial charge is 0.126 e. The van der Waals surface area contributed by atoms with Crippen molar-refractivity contribution in [2.24, 2.45) is 0 Å². The van der Waals surface area contributed by atoms with Gasteiger partial charge in [-0.3, -0.25) is 0 Å². The molecule has 2 rings (SSSR count). The number of nitriles is 1. The summed E-state index contributed by atoms with van der Waals surface area (Å²) in [5.41, 5.74) is 3.41. The van der Waals surface area contributed by atoms with Crippen LogP contribution >= 0.6 is 0 Å². The summed E-state index contributed by atoms with van der Waals surface area (Å²) in [7, 11) is 0. The fourth-order valence-corrected chi connectivity index (χ4v) is 2.01. The summed E-state index contributed by atoms with van der Waals surface area (Å²) in [5, 5.41) is 9.01. The number of rotatable bonds is 0. The average molecular weight is 187 g/mol. The lowest BCUT2D eigenvalue weighted by Gasteiger charge is -2.23. The van der Waals surface area contributed by atoms with E-state index in [-0.39, 0.29) is 5.92 Å². The van der Waals surface area contributed by atoms with Crippen molar-refractivity contribution in [1.29, 1.82) is 5.26 Å². The van der Waals surface area contributed by atoms with E-state index in [4.69, 9.17) is 10.00 Å². The molecule has 0 bridgehead atoms. The molecule has 14 heavy (non-hydrogen) atoms. The predicted octanol–water partition coefficient (Wildman–Crippen LogP) is 2.69. The van der Waals surface area contributed by atoms with Gasteiger partial charge in [-0.15, -0.1) is 0 Å². The van der Waals surface area contributed by atoms with E-state index in [9.17, 15) is 0 Å². The van der Waals surface area contributed by atoms with Gasteiger partial charge in [-0.25, -0.2) is 0 Å². The van der Waals surface area contributed by atoms with Crippen molar-refractivity contribution in [2.45, 2.75) is 26.2 Å². The van der Waals surface area contributed by atoms with Gasteiger partial charge in [0.25, 0.3) is 0 Å². The summed E-state index contributed by atoms with van der Waals surface area (Å²) in [5.74, 6) is 0.936. The Morgan fingerprint density at radius 3 is 2.93 bits per heavy atom. The fraction of sp³-hybridized carbons (Fsp3) is 0.417. The molecule has 0 saturated heterocycles. The highest BCUT2D eigenvalue weighted by Crippen LogP contribution is 2.36. The van der Waals surface area contributed by atoms with Gasteiger partial charge in [0.15, 0.2) is 0 Å². The summed E-state index contributed by atoms with van der Waals surface area (Å²) in [6, 6.07) is 6.50. The highest BCUT2D eigenvalue weighted by Gasteiger charge is 2.22. The van der Waals surface area contributed by atoms with E-state index in [2.05, 4.69) is 25.1 Å². The van der Waals surface area contributed by atoms with Gasteiger partial charge in [-0.05, 0) is 19.4 Å². The van der Waals surface area contributed by atoms with Crippen LogP contribution in [0, 0.1) is 25.2 Å². The number of aryl methyl sites for hydroxylation is 2. The van der Waals surface area contributed by atoms with Gasteiger partial charge in [0, 0.05) is 12.0 Å². The molecule has 0 radical (unpaired) electrons. The number of hydrogen-bond acceptors (Lipinski definition) is 2. The monoisotopic (exact) mass is 187 g/mol. The molecule has 1 aromatic rings. The third kappa shape index (κ3) is 1.35. The largest absolute Gasteiger partial charge is 0.493 e. The van der Waals surface area contributed by atoms with Gasteiger partial charge < -0.3 is 4.74 Å². The summed E-state index contributed by atoms with van der Waals surface area (Å²) in [6.45, 7) is 4.75. The Morgan fingerprint density at radius 1 is 1.43 bits per heavy atom. The maximum atomic E-state index is 9.01. The topological polar surface area (TPSA) is 33.0 Å². The highest BCUT2D eigenvalue weighted by atomic mass is 16.5. The highest BCUT2D eigenvalue weighted by molar-refractivity contribution is 5.48. The fourth-order valence-electron chi connectivity index (χ4n) is 2.01. The maximum absolute atomic E-state index is 9.01. The summed E-state index contributed by atoms with van der Waals surface area (Å²) < 4.78 is 5.59. The molecule has 0 fully saturated rings. The molecule has 1 atom stereocenters. The molecule has 1 aliphatic heterocycles. The minimum Gasteiger partial charge on any atom is -0.493 e. The zero-order valence-electron chi connectivity index (χ0n) is 8.50. The first-order chi connectivity index (χ1) is 6.72. The van der Waals surface area contributed by atoms with Crippen LogP contribution in [0.1, 0.15) is 29.0 Å². The van der Waals surface area contributed by atoms with Crippen LogP contribution in [-0.4, -0.2) is 6.61 Å². The maximum Gasteiger partial charge on any atom is 0.126 e. The quantitative estimate of drug-likeness (QED) is 0.625. The zero-order chi connectivity index (χ0) is 10.1. The second-order valence-electron chi connectivity index (χ2n) is 3.82. The minimum absolute atomic E-state index is 0.0114. The molecule has 0 N–H and O–H groups in total. The van der Waals surface area contributed by atoms with Gasteiger partial charge in [0.05, 0.1) is 18.6 Å². The third-order valence-electron chi connectivity index (χ3n) is 2.63.